The Balaban J connectivity index is 1.62. The molecule has 2 aromatic rings. The molecular formula is C22H18Cl2N2O6S. The Hall–Kier alpha value is -3.01. The minimum absolute atomic E-state index is 0.143. The molecule has 172 valence electrons. The number of halogens is 2. The molecule has 0 atom stereocenters. The van der Waals surface area contributed by atoms with Crippen molar-refractivity contribution in [3.63, 3.8) is 0 Å². The standard InChI is InChI=1S/C22H18Cl2N2O6S/c1-12-3-5-14(9-15(12)23)25-19(27)11-32-17-6-4-13(7-16(17)24)8-18-21(29)26(22(30)33-18)10-20(28)31-2/h3-9H,10-11H2,1-2H3,(H,25,27)/b18-8-. The lowest BCUT2D eigenvalue weighted by Gasteiger charge is -2.10. The molecule has 0 aliphatic carbocycles. The molecule has 1 fully saturated rings. The highest BCUT2D eigenvalue weighted by Gasteiger charge is 2.36. The van der Waals surface area contributed by atoms with Crippen LogP contribution in [0.2, 0.25) is 10.0 Å². The second kappa shape index (κ2) is 10.7. The summed E-state index contributed by atoms with van der Waals surface area (Å²) in [6, 6.07) is 9.86. The number of ether oxygens (including phenoxy) is 2. The highest BCUT2D eigenvalue weighted by Crippen LogP contribution is 2.33. The van der Waals surface area contributed by atoms with Gasteiger partial charge in [0.1, 0.15) is 12.3 Å². The van der Waals surface area contributed by atoms with Crippen molar-refractivity contribution in [3.8, 4) is 5.75 Å². The number of hydrogen-bond donors (Lipinski definition) is 1. The highest BCUT2D eigenvalue weighted by molar-refractivity contribution is 8.18. The maximum Gasteiger partial charge on any atom is 0.325 e. The predicted molar refractivity (Wildman–Crippen MR) is 126 cm³/mol. The van der Waals surface area contributed by atoms with Gasteiger partial charge >= 0.3 is 5.97 Å². The van der Waals surface area contributed by atoms with Crippen molar-refractivity contribution < 1.29 is 28.7 Å². The van der Waals surface area contributed by atoms with Gasteiger partial charge in [-0.05, 0) is 60.2 Å². The summed E-state index contributed by atoms with van der Waals surface area (Å²) >= 11 is 13.0. The van der Waals surface area contributed by atoms with Crippen LogP contribution in [0.4, 0.5) is 10.5 Å². The number of nitrogens with zero attached hydrogens (tertiary/aromatic N) is 1. The summed E-state index contributed by atoms with van der Waals surface area (Å²) in [7, 11) is 1.17. The molecule has 1 aliphatic rings. The van der Waals surface area contributed by atoms with E-state index < -0.39 is 29.6 Å². The number of rotatable bonds is 7. The van der Waals surface area contributed by atoms with E-state index in [-0.39, 0.29) is 22.3 Å². The summed E-state index contributed by atoms with van der Waals surface area (Å²) in [5, 5.41) is 2.86. The van der Waals surface area contributed by atoms with E-state index in [4.69, 9.17) is 27.9 Å². The van der Waals surface area contributed by atoms with E-state index in [1.54, 1.807) is 30.3 Å². The SMILES string of the molecule is COC(=O)CN1C(=O)S/C(=C\c2ccc(OCC(=O)Nc3ccc(C)c(Cl)c3)c(Cl)c2)C1=O. The zero-order chi connectivity index (χ0) is 24.1. The predicted octanol–water partition coefficient (Wildman–Crippen LogP) is 4.53. The van der Waals surface area contributed by atoms with Crippen LogP contribution in [0.3, 0.4) is 0 Å². The first-order valence-corrected chi connectivity index (χ1v) is 11.1. The number of benzene rings is 2. The summed E-state index contributed by atoms with van der Waals surface area (Å²) in [6.07, 6.45) is 1.48. The number of carbonyl (C=O) groups excluding carboxylic acids is 4. The Morgan fingerprint density at radius 2 is 1.88 bits per heavy atom. The average Bonchev–Trinajstić information content (AvgIpc) is 3.03. The fourth-order valence-electron chi connectivity index (χ4n) is 2.72. The van der Waals surface area contributed by atoms with Gasteiger partial charge in [0.05, 0.1) is 17.0 Å². The maximum atomic E-state index is 12.4. The van der Waals surface area contributed by atoms with Gasteiger partial charge in [0.2, 0.25) is 0 Å². The molecule has 1 aliphatic heterocycles. The Bertz CT molecular complexity index is 1170. The number of imide groups is 1. The molecule has 0 saturated carbocycles. The third-order valence-corrected chi connectivity index (χ3v) is 6.07. The van der Waals surface area contributed by atoms with Gasteiger partial charge in [-0.3, -0.25) is 24.1 Å². The zero-order valence-corrected chi connectivity index (χ0v) is 19.8. The largest absolute Gasteiger partial charge is 0.482 e. The van der Waals surface area contributed by atoms with Crippen LogP contribution >= 0.6 is 35.0 Å². The van der Waals surface area contributed by atoms with Gasteiger partial charge in [0.15, 0.2) is 6.61 Å². The van der Waals surface area contributed by atoms with Crippen LogP contribution in [0.25, 0.3) is 6.08 Å². The fraction of sp³-hybridized carbons (Fsp3) is 0.182. The number of nitrogens with one attached hydrogen (secondary N) is 1. The molecule has 0 bridgehead atoms. The van der Waals surface area contributed by atoms with Crippen molar-refractivity contribution in [1.29, 1.82) is 0 Å². The van der Waals surface area contributed by atoms with E-state index >= 15 is 0 Å². The monoisotopic (exact) mass is 508 g/mol. The van der Waals surface area contributed by atoms with Gasteiger partial charge < -0.3 is 14.8 Å². The molecule has 1 heterocycles. The van der Waals surface area contributed by atoms with Crippen molar-refractivity contribution >= 4 is 69.8 Å². The third-order valence-electron chi connectivity index (χ3n) is 4.46. The number of aryl methyl sites for hydroxylation is 1. The van der Waals surface area contributed by atoms with Crippen molar-refractivity contribution in [2.45, 2.75) is 6.92 Å². The summed E-state index contributed by atoms with van der Waals surface area (Å²) in [5.41, 5.74) is 1.97. The van der Waals surface area contributed by atoms with Crippen molar-refractivity contribution in [2.75, 3.05) is 25.6 Å². The second-order valence-electron chi connectivity index (χ2n) is 6.83. The topological polar surface area (TPSA) is 102 Å². The fourth-order valence-corrected chi connectivity index (χ4v) is 3.98. The second-order valence-corrected chi connectivity index (χ2v) is 8.64. The van der Waals surface area contributed by atoms with Crippen LogP contribution in [0.15, 0.2) is 41.3 Å². The molecule has 1 N–H and O–H groups in total. The summed E-state index contributed by atoms with van der Waals surface area (Å²) in [4.78, 5) is 48.9. The Labute approximate surface area is 203 Å². The van der Waals surface area contributed by atoms with Gasteiger partial charge in [0.25, 0.3) is 17.1 Å². The summed E-state index contributed by atoms with van der Waals surface area (Å²) in [5.74, 6) is -1.42. The number of anilines is 1. The number of methoxy groups -OCH3 is 1. The molecule has 3 amide bonds. The lowest BCUT2D eigenvalue weighted by molar-refractivity contribution is -0.143. The van der Waals surface area contributed by atoms with Gasteiger partial charge in [0, 0.05) is 10.7 Å². The number of carbonyl (C=O) groups is 4. The zero-order valence-electron chi connectivity index (χ0n) is 17.5. The number of amides is 3. The molecule has 0 spiro atoms. The van der Waals surface area contributed by atoms with Gasteiger partial charge in [-0.25, -0.2) is 0 Å². The minimum atomic E-state index is -0.697. The maximum absolute atomic E-state index is 12.4. The molecule has 2 aromatic carbocycles. The molecular weight excluding hydrogens is 491 g/mol. The van der Waals surface area contributed by atoms with Crippen LogP contribution in [0.5, 0.6) is 5.75 Å². The number of esters is 1. The smallest absolute Gasteiger partial charge is 0.325 e. The molecule has 0 unspecified atom stereocenters. The molecule has 0 aromatic heterocycles. The Morgan fingerprint density at radius 1 is 1.12 bits per heavy atom. The van der Waals surface area contributed by atoms with E-state index in [1.807, 2.05) is 6.92 Å². The van der Waals surface area contributed by atoms with Crippen LogP contribution in [-0.2, 0) is 19.1 Å². The van der Waals surface area contributed by atoms with Gasteiger partial charge in [-0.15, -0.1) is 0 Å². The van der Waals surface area contributed by atoms with E-state index in [0.29, 0.717) is 28.0 Å². The molecule has 11 heteroatoms. The number of thioether (sulfide) groups is 1. The van der Waals surface area contributed by atoms with E-state index in [2.05, 4.69) is 10.1 Å². The summed E-state index contributed by atoms with van der Waals surface area (Å²) < 4.78 is 9.97. The van der Waals surface area contributed by atoms with Crippen molar-refractivity contribution in [2.24, 2.45) is 0 Å². The van der Waals surface area contributed by atoms with E-state index in [1.165, 1.54) is 19.3 Å². The first-order valence-electron chi connectivity index (χ1n) is 9.48. The van der Waals surface area contributed by atoms with Crippen LogP contribution in [-0.4, -0.2) is 48.2 Å². The van der Waals surface area contributed by atoms with Crippen molar-refractivity contribution in [3.05, 3.63) is 62.5 Å². The molecule has 3 rings (SSSR count). The molecule has 33 heavy (non-hydrogen) atoms. The molecule has 1 saturated heterocycles. The molecule has 0 radical (unpaired) electrons. The summed E-state index contributed by atoms with van der Waals surface area (Å²) in [6.45, 7) is 1.12. The quantitative estimate of drug-likeness (QED) is 0.432. The van der Waals surface area contributed by atoms with Crippen LogP contribution in [0.1, 0.15) is 11.1 Å². The number of hydrogen-bond acceptors (Lipinski definition) is 7. The van der Waals surface area contributed by atoms with E-state index in [9.17, 15) is 19.2 Å². The Morgan fingerprint density at radius 3 is 2.55 bits per heavy atom. The van der Waals surface area contributed by atoms with Crippen LogP contribution < -0.4 is 10.1 Å². The minimum Gasteiger partial charge on any atom is -0.482 e. The normalized spacial score (nSPS) is 14.5. The molecule has 8 nitrogen and oxygen atoms in total. The Kier molecular flexibility index (Phi) is 8.01. The third kappa shape index (κ3) is 6.28. The highest BCUT2D eigenvalue weighted by atomic mass is 35.5. The lowest BCUT2D eigenvalue weighted by Crippen LogP contribution is -2.34. The first-order chi connectivity index (χ1) is 15.7. The average molecular weight is 509 g/mol. The van der Waals surface area contributed by atoms with Gasteiger partial charge in [-0.2, -0.15) is 0 Å². The van der Waals surface area contributed by atoms with Crippen LogP contribution in [0, 0.1) is 6.92 Å². The first kappa shape index (κ1) is 24.6. The van der Waals surface area contributed by atoms with Crippen molar-refractivity contribution in [1.82, 2.24) is 4.90 Å². The van der Waals surface area contributed by atoms with Gasteiger partial charge in [-0.1, -0.05) is 35.3 Å². The van der Waals surface area contributed by atoms with E-state index in [0.717, 1.165) is 10.5 Å². The lowest BCUT2D eigenvalue weighted by atomic mass is 10.2.